The Hall–Kier alpha value is -2.72. The maximum atomic E-state index is 13.9. The van der Waals surface area contributed by atoms with Crippen molar-refractivity contribution in [2.45, 2.75) is 25.4 Å². The highest BCUT2D eigenvalue weighted by Crippen LogP contribution is 2.45. The Kier molecular flexibility index (Phi) is 7.58. The van der Waals surface area contributed by atoms with E-state index in [0.29, 0.717) is 35.4 Å². The summed E-state index contributed by atoms with van der Waals surface area (Å²) < 4.78 is 19.5. The molecular weight excluding hydrogens is 399 g/mol. The molecule has 5 nitrogen and oxygen atoms in total. The predicted octanol–water partition coefficient (Wildman–Crippen LogP) is 3.97. The van der Waals surface area contributed by atoms with Gasteiger partial charge >= 0.3 is 13.3 Å². The Bertz CT molecular complexity index is 961. The number of carbonyl (C=O) groups excluding carboxylic acids is 1. The molecular formula is C24H25O5P. The Morgan fingerprint density at radius 1 is 0.867 bits per heavy atom. The van der Waals surface area contributed by atoms with Crippen LogP contribution in [-0.2, 0) is 9.09 Å². The number of aliphatic hydroxyl groups is 2. The summed E-state index contributed by atoms with van der Waals surface area (Å²) in [4.78, 5) is 12.9. The second-order valence-electron chi connectivity index (χ2n) is 6.96. The second-order valence-corrected chi connectivity index (χ2v) is 9.28. The van der Waals surface area contributed by atoms with Crippen molar-refractivity contribution in [3.63, 3.8) is 0 Å². The van der Waals surface area contributed by atoms with E-state index in [1.165, 1.54) is 0 Å². The largest absolute Gasteiger partial charge is 0.401 e. The summed E-state index contributed by atoms with van der Waals surface area (Å²) in [7, 11) is -3.65. The van der Waals surface area contributed by atoms with Crippen LogP contribution in [0, 0.1) is 0 Å². The van der Waals surface area contributed by atoms with Crippen LogP contribution in [0.1, 0.15) is 41.3 Å². The van der Waals surface area contributed by atoms with Gasteiger partial charge in [-0.2, -0.15) is 0 Å². The van der Waals surface area contributed by atoms with Gasteiger partial charge in [0.2, 0.25) is 0 Å². The summed E-state index contributed by atoms with van der Waals surface area (Å²) in [5.74, 6) is -0.713. The van der Waals surface area contributed by atoms with Crippen molar-refractivity contribution in [1.29, 1.82) is 0 Å². The third kappa shape index (κ3) is 5.25. The summed E-state index contributed by atoms with van der Waals surface area (Å²) >= 11 is 0. The molecule has 0 aromatic heterocycles. The zero-order chi connectivity index (χ0) is 21.4. The fourth-order valence-corrected chi connectivity index (χ4v) is 5.14. The highest BCUT2D eigenvalue weighted by atomic mass is 31.2. The lowest BCUT2D eigenvalue weighted by Crippen LogP contribution is -2.21. The summed E-state index contributed by atoms with van der Waals surface area (Å²) in [5.41, 5.74) is 0.803. The Morgan fingerprint density at radius 2 is 1.47 bits per heavy atom. The standard InChI is InChI=1S/C24H25O5P/c25-17-8-7-16-23(26)19-10-9-11-20(18-19)24(27)29-30(28,21-12-3-1-4-13-21)22-14-5-2-6-15-22/h1-6,9-15,18,23,25-26H,7-8,16-17H2. The van der Waals surface area contributed by atoms with E-state index in [4.69, 9.17) is 9.63 Å². The number of unbranched alkanes of at least 4 members (excludes halogenated alkanes) is 1. The Balaban J connectivity index is 1.87. The van der Waals surface area contributed by atoms with Crippen LogP contribution in [0.2, 0.25) is 0 Å². The lowest BCUT2D eigenvalue weighted by molar-refractivity contribution is 0.0746. The van der Waals surface area contributed by atoms with Gasteiger partial charge < -0.3 is 14.7 Å². The summed E-state index contributed by atoms with van der Waals surface area (Å²) in [5, 5.41) is 20.1. The quantitative estimate of drug-likeness (QED) is 0.401. The second kappa shape index (κ2) is 10.4. The van der Waals surface area contributed by atoms with Gasteiger partial charge in [0.25, 0.3) is 0 Å². The number of hydrogen-bond acceptors (Lipinski definition) is 5. The molecule has 0 radical (unpaired) electrons. The van der Waals surface area contributed by atoms with Crippen LogP contribution >= 0.6 is 7.37 Å². The molecule has 0 heterocycles. The van der Waals surface area contributed by atoms with Crippen molar-refractivity contribution in [3.05, 3.63) is 96.1 Å². The van der Waals surface area contributed by atoms with Gasteiger partial charge in [-0.3, -0.25) is 4.57 Å². The first kappa shape index (κ1) is 22.0. The Morgan fingerprint density at radius 3 is 2.03 bits per heavy atom. The first-order valence-electron chi connectivity index (χ1n) is 9.88. The first-order chi connectivity index (χ1) is 14.5. The number of hydrogen-bond donors (Lipinski definition) is 2. The van der Waals surface area contributed by atoms with Gasteiger partial charge in [-0.05, 0) is 61.2 Å². The fourth-order valence-electron chi connectivity index (χ4n) is 3.16. The molecule has 3 aromatic rings. The van der Waals surface area contributed by atoms with E-state index in [1.807, 2.05) is 12.1 Å². The molecule has 3 rings (SSSR count). The summed E-state index contributed by atoms with van der Waals surface area (Å²) in [6.07, 6.45) is 1.00. The minimum atomic E-state index is -3.65. The van der Waals surface area contributed by atoms with Gasteiger partial charge in [-0.25, -0.2) is 4.79 Å². The molecule has 0 spiro atoms. The topological polar surface area (TPSA) is 83.8 Å². The van der Waals surface area contributed by atoms with Crippen LogP contribution in [0.5, 0.6) is 0 Å². The van der Waals surface area contributed by atoms with Gasteiger partial charge in [-0.15, -0.1) is 0 Å². The third-order valence-corrected chi connectivity index (χ3v) is 7.18. The van der Waals surface area contributed by atoms with E-state index in [0.717, 1.165) is 0 Å². The molecule has 156 valence electrons. The van der Waals surface area contributed by atoms with E-state index in [1.54, 1.807) is 72.8 Å². The lowest BCUT2D eigenvalue weighted by Gasteiger charge is -2.19. The number of aliphatic hydroxyl groups excluding tert-OH is 2. The molecule has 0 aliphatic carbocycles. The molecule has 1 unspecified atom stereocenters. The van der Waals surface area contributed by atoms with E-state index >= 15 is 0 Å². The van der Waals surface area contributed by atoms with Crippen LogP contribution in [0.15, 0.2) is 84.9 Å². The number of benzene rings is 3. The molecule has 0 aliphatic rings. The van der Waals surface area contributed by atoms with Crippen LogP contribution in [0.4, 0.5) is 0 Å². The molecule has 0 saturated heterocycles. The van der Waals surface area contributed by atoms with Gasteiger partial charge in [0, 0.05) is 6.61 Å². The number of carbonyl (C=O) groups is 1. The zero-order valence-corrected chi connectivity index (χ0v) is 17.4. The van der Waals surface area contributed by atoms with Crippen molar-refractivity contribution < 1.29 is 24.1 Å². The molecule has 0 amide bonds. The van der Waals surface area contributed by atoms with Crippen molar-refractivity contribution in [2.24, 2.45) is 0 Å². The van der Waals surface area contributed by atoms with Gasteiger partial charge in [0.15, 0.2) is 0 Å². The monoisotopic (exact) mass is 424 g/mol. The molecule has 1 atom stereocenters. The number of rotatable bonds is 9. The average molecular weight is 424 g/mol. The molecule has 2 N–H and O–H groups in total. The molecule has 0 saturated carbocycles. The predicted molar refractivity (Wildman–Crippen MR) is 118 cm³/mol. The van der Waals surface area contributed by atoms with Crippen molar-refractivity contribution in [1.82, 2.24) is 0 Å². The molecule has 6 heteroatoms. The van der Waals surface area contributed by atoms with Gasteiger partial charge in [0.05, 0.1) is 22.3 Å². The minimum Gasteiger partial charge on any atom is -0.401 e. The van der Waals surface area contributed by atoms with Crippen LogP contribution in [-0.4, -0.2) is 22.8 Å². The minimum absolute atomic E-state index is 0.0767. The Labute approximate surface area is 176 Å². The summed E-state index contributed by atoms with van der Waals surface area (Å²) in [6, 6.07) is 23.9. The van der Waals surface area contributed by atoms with E-state index in [9.17, 15) is 14.5 Å². The van der Waals surface area contributed by atoms with Crippen LogP contribution in [0.3, 0.4) is 0 Å². The maximum Gasteiger partial charge on any atom is 0.343 e. The van der Waals surface area contributed by atoms with Gasteiger partial charge in [-0.1, -0.05) is 48.5 Å². The SMILES string of the molecule is O=C(OP(=O)(c1ccccc1)c1ccccc1)c1cccc(C(O)CCCCO)c1. The normalized spacial score (nSPS) is 12.3. The zero-order valence-electron chi connectivity index (χ0n) is 16.6. The molecule has 3 aromatic carbocycles. The average Bonchev–Trinajstić information content (AvgIpc) is 2.80. The highest BCUT2D eigenvalue weighted by molar-refractivity contribution is 7.74. The summed E-state index contributed by atoms with van der Waals surface area (Å²) in [6.45, 7) is 0.0767. The van der Waals surface area contributed by atoms with Crippen LogP contribution in [0.25, 0.3) is 0 Å². The third-order valence-electron chi connectivity index (χ3n) is 4.80. The molecule has 0 aliphatic heterocycles. The van der Waals surface area contributed by atoms with E-state index < -0.39 is 19.4 Å². The van der Waals surface area contributed by atoms with Crippen LogP contribution < -0.4 is 10.6 Å². The smallest absolute Gasteiger partial charge is 0.343 e. The molecule has 30 heavy (non-hydrogen) atoms. The van der Waals surface area contributed by atoms with Gasteiger partial charge in [0.1, 0.15) is 0 Å². The van der Waals surface area contributed by atoms with Crippen molar-refractivity contribution in [3.8, 4) is 0 Å². The maximum absolute atomic E-state index is 13.9. The molecule has 0 bridgehead atoms. The molecule has 0 fully saturated rings. The fraction of sp³-hybridized carbons (Fsp3) is 0.208. The highest BCUT2D eigenvalue weighted by Gasteiger charge is 2.32. The van der Waals surface area contributed by atoms with E-state index in [2.05, 4.69) is 0 Å². The first-order valence-corrected chi connectivity index (χ1v) is 11.5. The lowest BCUT2D eigenvalue weighted by atomic mass is 10.0. The van der Waals surface area contributed by atoms with Crippen molar-refractivity contribution in [2.75, 3.05) is 6.61 Å². The van der Waals surface area contributed by atoms with Crippen molar-refractivity contribution >= 4 is 23.9 Å². The van der Waals surface area contributed by atoms with E-state index in [-0.39, 0.29) is 12.2 Å².